The van der Waals surface area contributed by atoms with E-state index in [4.69, 9.17) is 10.5 Å². The minimum absolute atomic E-state index is 0.00329. The number of rotatable bonds is 3. The van der Waals surface area contributed by atoms with Gasteiger partial charge in [0.1, 0.15) is 0 Å². The van der Waals surface area contributed by atoms with Gasteiger partial charge in [0.2, 0.25) is 0 Å². The summed E-state index contributed by atoms with van der Waals surface area (Å²) in [6.45, 7) is 6.81. The third kappa shape index (κ3) is 2.63. The Morgan fingerprint density at radius 1 is 1.28 bits per heavy atom. The maximum Gasteiger partial charge on any atom is 0.0871 e. The van der Waals surface area contributed by atoms with Crippen molar-refractivity contribution in [3.63, 3.8) is 0 Å². The molecule has 0 radical (unpaired) electrons. The molecule has 18 heavy (non-hydrogen) atoms. The molecule has 2 nitrogen and oxygen atoms in total. The van der Waals surface area contributed by atoms with E-state index in [1.165, 1.54) is 23.3 Å². The van der Waals surface area contributed by atoms with Crippen molar-refractivity contribution >= 4 is 11.3 Å². The summed E-state index contributed by atoms with van der Waals surface area (Å²) in [4.78, 5) is 1.32. The predicted octanol–water partition coefficient (Wildman–Crippen LogP) is 4.04. The summed E-state index contributed by atoms with van der Waals surface area (Å²) in [5.41, 5.74) is 8.01. The molecular weight excluding hydrogens is 242 g/mol. The second kappa shape index (κ2) is 4.95. The van der Waals surface area contributed by atoms with Crippen LogP contribution in [0.15, 0.2) is 11.4 Å². The Morgan fingerprint density at radius 2 is 1.89 bits per heavy atom. The third-order valence-electron chi connectivity index (χ3n) is 4.53. The van der Waals surface area contributed by atoms with E-state index in [2.05, 4.69) is 32.2 Å². The summed E-state index contributed by atoms with van der Waals surface area (Å²) >= 11 is 1.77. The molecule has 0 amide bonds. The molecule has 0 spiro atoms. The standard InChI is InChI=1S/C15H25NOS/c1-11-9-12(10-18-11)13(16)15(17-4)7-5-14(2,3)6-8-15/h9-10,13H,5-8,16H2,1-4H3. The van der Waals surface area contributed by atoms with Gasteiger partial charge in [-0.2, -0.15) is 0 Å². The molecule has 2 rings (SSSR count). The number of hydrogen-bond acceptors (Lipinski definition) is 3. The number of thiophene rings is 1. The first-order valence-electron chi connectivity index (χ1n) is 6.74. The largest absolute Gasteiger partial charge is 0.376 e. The van der Waals surface area contributed by atoms with Gasteiger partial charge in [-0.3, -0.25) is 0 Å². The van der Waals surface area contributed by atoms with E-state index in [0.29, 0.717) is 5.41 Å². The molecule has 2 N–H and O–H groups in total. The van der Waals surface area contributed by atoms with Gasteiger partial charge in [-0.25, -0.2) is 0 Å². The summed E-state index contributed by atoms with van der Waals surface area (Å²) < 4.78 is 5.88. The predicted molar refractivity (Wildman–Crippen MR) is 78.0 cm³/mol. The van der Waals surface area contributed by atoms with Gasteiger partial charge in [0.25, 0.3) is 0 Å². The first-order chi connectivity index (χ1) is 8.38. The van der Waals surface area contributed by atoms with Crippen molar-refractivity contribution in [1.82, 2.24) is 0 Å². The van der Waals surface area contributed by atoms with Crippen molar-refractivity contribution < 1.29 is 4.74 Å². The van der Waals surface area contributed by atoms with Gasteiger partial charge in [-0.05, 0) is 55.0 Å². The highest BCUT2D eigenvalue weighted by atomic mass is 32.1. The highest BCUT2D eigenvalue weighted by molar-refractivity contribution is 7.10. The summed E-state index contributed by atoms with van der Waals surface area (Å²) in [5.74, 6) is 0. The minimum atomic E-state index is -0.164. The molecule has 0 saturated heterocycles. The summed E-state index contributed by atoms with van der Waals surface area (Å²) in [7, 11) is 1.82. The van der Waals surface area contributed by atoms with Crippen molar-refractivity contribution in [2.75, 3.05) is 7.11 Å². The summed E-state index contributed by atoms with van der Waals surface area (Å²) in [6.07, 6.45) is 4.51. The van der Waals surface area contributed by atoms with Gasteiger partial charge < -0.3 is 10.5 Å². The normalized spacial score (nSPS) is 23.8. The molecular formula is C15H25NOS. The van der Waals surface area contributed by atoms with Crippen molar-refractivity contribution in [2.24, 2.45) is 11.1 Å². The molecule has 1 saturated carbocycles. The van der Waals surface area contributed by atoms with Gasteiger partial charge in [-0.1, -0.05) is 13.8 Å². The topological polar surface area (TPSA) is 35.2 Å². The third-order valence-corrected chi connectivity index (χ3v) is 5.41. The van der Waals surface area contributed by atoms with Crippen LogP contribution in [0.2, 0.25) is 0 Å². The Hall–Kier alpha value is -0.380. The molecule has 3 heteroatoms. The van der Waals surface area contributed by atoms with Crippen LogP contribution in [0.3, 0.4) is 0 Å². The number of aryl methyl sites for hydroxylation is 1. The van der Waals surface area contributed by atoms with Crippen LogP contribution in [-0.2, 0) is 4.74 Å². The fourth-order valence-electron chi connectivity index (χ4n) is 2.92. The first-order valence-corrected chi connectivity index (χ1v) is 7.62. The molecule has 1 fully saturated rings. The number of ether oxygens (including phenoxy) is 1. The Balaban J connectivity index is 2.18. The van der Waals surface area contributed by atoms with Crippen LogP contribution >= 0.6 is 11.3 Å². The Labute approximate surface area is 115 Å². The zero-order chi connectivity index (χ0) is 13.4. The molecule has 1 aromatic heterocycles. The molecule has 1 unspecified atom stereocenters. The van der Waals surface area contributed by atoms with Gasteiger partial charge in [-0.15, -0.1) is 11.3 Å². The van der Waals surface area contributed by atoms with Crippen molar-refractivity contribution in [2.45, 2.75) is 58.1 Å². The monoisotopic (exact) mass is 267 g/mol. The highest BCUT2D eigenvalue weighted by Crippen LogP contribution is 2.46. The van der Waals surface area contributed by atoms with Crippen LogP contribution in [0, 0.1) is 12.3 Å². The lowest BCUT2D eigenvalue weighted by Crippen LogP contribution is -2.47. The number of nitrogens with two attached hydrogens (primary N) is 1. The fourth-order valence-corrected chi connectivity index (χ4v) is 3.66. The van der Waals surface area contributed by atoms with Crippen LogP contribution < -0.4 is 5.73 Å². The van der Waals surface area contributed by atoms with Crippen molar-refractivity contribution in [1.29, 1.82) is 0 Å². The molecule has 1 aliphatic rings. The van der Waals surface area contributed by atoms with Crippen LogP contribution in [-0.4, -0.2) is 12.7 Å². The quantitative estimate of drug-likeness (QED) is 0.897. The maximum absolute atomic E-state index is 6.50. The summed E-state index contributed by atoms with van der Waals surface area (Å²) in [6, 6.07) is 2.21. The SMILES string of the molecule is COC1(C(N)c2csc(C)c2)CCC(C)(C)CC1. The Morgan fingerprint density at radius 3 is 2.33 bits per heavy atom. The Bertz CT molecular complexity index is 400. The minimum Gasteiger partial charge on any atom is -0.376 e. The van der Waals surface area contributed by atoms with E-state index < -0.39 is 0 Å². The van der Waals surface area contributed by atoms with E-state index in [9.17, 15) is 0 Å². The Kier molecular flexibility index (Phi) is 3.86. The van der Waals surface area contributed by atoms with Gasteiger partial charge in [0, 0.05) is 12.0 Å². The van der Waals surface area contributed by atoms with Gasteiger partial charge >= 0.3 is 0 Å². The van der Waals surface area contributed by atoms with Gasteiger partial charge in [0.15, 0.2) is 0 Å². The van der Waals surface area contributed by atoms with E-state index in [1.807, 2.05) is 7.11 Å². The molecule has 1 aliphatic carbocycles. The van der Waals surface area contributed by atoms with E-state index in [0.717, 1.165) is 12.8 Å². The summed E-state index contributed by atoms with van der Waals surface area (Å²) in [5, 5.41) is 2.18. The lowest BCUT2D eigenvalue weighted by molar-refractivity contribution is -0.0793. The molecule has 1 atom stereocenters. The molecule has 0 bridgehead atoms. The number of hydrogen-bond donors (Lipinski definition) is 1. The molecule has 0 aliphatic heterocycles. The van der Waals surface area contributed by atoms with E-state index in [1.54, 1.807) is 11.3 Å². The van der Waals surface area contributed by atoms with Crippen molar-refractivity contribution in [3.8, 4) is 0 Å². The highest BCUT2D eigenvalue weighted by Gasteiger charge is 2.43. The lowest BCUT2D eigenvalue weighted by atomic mass is 9.68. The average molecular weight is 267 g/mol. The molecule has 0 aromatic carbocycles. The lowest BCUT2D eigenvalue weighted by Gasteiger charge is -2.45. The maximum atomic E-state index is 6.50. The van der Waals surface area contributed by atoms with Crippen LogP contribution in [0.1, 0.15) is 56.0 Å². The van der Waals surface area contributed by atoms with E-state index >= 15 is 0 Å². The van der Waals surface area contributed by atoms with Crippen LogP contribution in [0.5, 0.6) is 0 Å². The van der Waals surface area contributed by atoms with Crippen LogP contribution in [0.4, 0.5) is 0 Å². The molecule has 1 heterocycles. The second-order valence-corrected chi connectivity index (χ2v) is 7.52. The average Bonchev–Trinajstić information content (AvgIpc) is 2.76. The van der Waals surface area contributed by atoms with Crippen molar-refractivity contribution in [3.05, 3.63) is 21.9 Å². The van der Waals surface area contributed by atoms with Gasteiger partial charge in [0.05, 0.1) is 11.6 Å². The smallest absolute Gasteiger partial charge is 0.0871 e. The van der Waals surface area contributed by atoms with E-state index in [-0.39, 0.29) is 11.6 Å². The second-order valence-electron chi connectivity index (χ2n) is 6.40. The fraction of sp³-hybridized carbons (Fsp3) is 0.733. The molecule has 1 aromatic rings. The molecule has 102 valence electrons. The van der Waals surface area contributed by atoms with Crippen LogP contribution in [0.25, 0.3) is 0 Å². The zero-order valence-corrected chi connectivity index (χ0v) is 12.8. The zero-order valence-electron chi connectivity index (χ0n) is 12.0. The first kappa shape index (κ1) is 14.0. The number of methoxy groups -OCH3 is 1.